The van der Waals surface area contributed by atoms with E-state index in [1.54, 1.807) is 0 Å². The van der Waals surface area contributed by atoms with Crippen LogP contribution in [0.15, 0.2) is 113 Å². The van der Waals surface area contributed by atoms with E-state index in [2.05, 4.69) is 131 Å². The molecule has 2 heteroatoms. The number of benzene rings is 5. The summed E-state index contributed by atoms with van der Waals surface area (Å²) in [5.74, 6) is 0. The van der Waals surface area contributed by atoms with E-state index in [4.69, 9.17) is 4.98 Å². The van der Waals surface area contributed by atoms with E-state index in [1.807, 2.05) is 11.8 Å². The monoisotopic (exact) mass is 519 g/mol. The molecule has 0 N–H and O–H groups in total. The molecule has 0 amide bonds. The van der Waals surface area contributed by atoms with Crippen molar-refractivity contribution in [2.75, 3.05) is 0 Å². The summed E-state index contributed by atoms with van der Waals surface area (Å²) in [6.45, 7) is 9.54. The lowest BCUT2D eigenvalue weighted by Gasteiger charge is -2.36. The van der Waals surface area contributed by atoms with E-state index in [-0.39, 0.29) is 10.8 Å². The van der Waals surface area contributed by atoms with Crippen molar-refractivity contribution >= 4 is 33.6 Å². The van der Waals surface area contributed by atoms with Gasteiger partial charge in [-0.25, -0.2) is 4.98 Å². The molecule has 1 nitrogen and oxygen atoms in total. The minimum Gasteiger partial charge on any atom is -0.248 e. The summed E-state index contributed by atoms with van der Waals surface area (Å²) in [4.78, 5) is 7.78. The summed E-state index contributed by atoms with van der Waals surface area (Å²) in [6.07, 6.45) is 0. The molecule has 0 saturated carbocycles. The van der Waals surface area contributed by atoms with E-state index < -0.39 is 0 Å². The summed E-state index contributed by atoms with van der Waals surface area (Å²) >= 11 is 1.95. The van der Waals surface area contributed by atoms with Crippen molar-refractivity contribution in [1.82, 2.24) is 4.98 Å². The molecule has 6 aromatic rings. The summed E-state index contributed by atoms with van der Waals surface area (Å²) < 4.78 is 0. The third-order valence-corrected chi connectivity index (χ3v) is 10.3. The van der Waals surface area contributed by atoms with Crippen molar-refractivity contribution in [2.24, 2.45) is 0 Å². The van der Waals surface area contributed by atoms with Crippen LogP contribution < -0.4 is 0 Å². The molecule has 0 atom stereocenters. The van der Waals surface area contributed by atoms with Crippen molar-refractivity contribution in [3.63, 3.8) is 0 Å². The second kappa shape index (κ2) is 7.83. The molecule has 0 fully saturated rings. The predicted molar refractivity (Wildman–Crippen MR) is 165 cm³/mol. The topological polar surface area (TPSA) is 12.9 Å². The Hall–Kier alpha value is -3.88. The van der Waals surface area contributed by atoms with Crippen LogP contribution in [0.25, 0.3) is 44.1 Å². The Kier molecular flexibility index (Phi) is 4.63. The van der Waals surface area contributed by atoms with Gasteiger partial charge in [0.2, 0.25) is 0 Å². The molecule has 8 rings (SSSR count). The minimum absolute atomic E-state index is 0.0338. The van der Waals surface area contributed by atoms with Gasteiger partial charge in [-0.2, -0.15) is 0 Å². The van der Waals surface area contributed by atoms with Gasteiger partial charge in [-0.15, -0.1) is 0 Å². The molecule has 2 heterocycles. The summed E-state index contributed by atoms with van der Waals surface area (Å²) in [5, 5.41) is 2.41. The number of pyridine rings is 1. The third-order valence-electron chi connectivity index (χ3n) is 9.12. The van der Waals surface area contributed by atoms with Gasteiger partial charge in [0.05, 0.1) is 11.0 Å². The highest BCUT2D eigenvalue weighted by Gasteiger charge is 2.42. The summed E-state index contributed by atoms with van der Waals surface area (Å²) in [7, 11) is 0. The van der Waals surface area contributed by atoms with Gasteiger partial charge in [0.1, 0.15) is 0 Å². The molecule has 1 aliphatic carbocycles. The first-order valence-electron chi connectivity index (χ1n) is 13.7. The molecule has 188 valence electrons. The highest BCUT2D eigenvalue weighted by molar-refractivity contribution is 7.99. The Morgan fingerprint density at radius 1 is 0.538 bits per heavy atom. The van der Waals surface area contributed by atoms with Crippen molar-refractivity contribution < 1.29 is 0 Å². The van der Waals surface area contributed by atoms with Gasteiger partial charge in [-0.3, -0.25) is 0 Å². The van der Waals surface area contributed by atoms with E-state index in [0.29, 0.717) is 0 Å². The zero-order valence-corrected chi connectivity index (χ0v) is 23.5. The molecule has 39 heavy (non-hydrogen) atoms. The van der Waals surface area contributed by atoms with Crippen molar-refractivity contribution in [2.45, 2.75) is 48.3 Å². The highest BCUT2D eigenvalue weighted by atomic mass is 32.2. The molecule has 0 spiro atoms. The van der Waals surface area contributed by atoms with Gasteiger partial charge >= 0.3 is 0 Å². The Morgan fingerprint density at radius 3 is 1.90 bits per heavy atom. The zero-order valence-electron chi connectivity index (χ0n) is 22.7. The number of hydrogen-bond acceptors (Lipinski definition) is 2. The van der Waals surface area contributed by atoms with Crippen molar-refractivity contribution in [1.29, 1.82) is 0 Å². The maximum absolute atomic E-state index is 4.97. The number of aromatic nitrogens is 1. The molecule has 0 radical (unpaired) electrons. The summed E-state index contributed by atoms with van der Waals surface area (Å²) in [5.41, 5.74) is 13.0. The van der Waals surface area contributed by atoms with Crippen molar-refractivity contribution in [3.8, 4) is 22.3 Å². The second-order valence-electron chi connectivity index (χ2n) is 12.0. The second-order valence-corrected chi connectivity index (χ2v) is 13.0. The SMILES string of the molecule is CC1(C)c2ccccc2Sc2c1ccc1c2-c2ccc(-c3c4ccccc4nc4ccccc34)cc2C1(C)C. The van der Waals surface area contributed by atoms with Crippen LogP contribution in [0.4, 0.5) is 0 Å². The van der Waals surface area contributed by atoms with Crippen molar-refractivity contribution in [3.05, 3.63) is 125 Å². The van der Waals surface area contributed by atoms with Gasteiger partial charge in [-0.05, 0) is 57.6 Å². The van der Waals surface area contributed by atoms with Crippen LogP contribution in [-0.2, 0) is 10.8 Å². The summed E-state index contributed by atoms with van der Waals surface area (Å²) in [6, 6.07) is 38.0. The van der Waals surface area contributed by atoms with Gasteiger partial charge in [-0.1, -0.05) is 118 Å². The quantitative estimate of drug-likeness (QED) is 0.200. The fraction of sp³-hybridized carbons (Fsp3) is 0.162. The number of fused-ring (bicyclic) bond motifs is 8. The van der Waals surface area contributed by atoms with E-state index in [9.17, 15) is 0 Å². The first-order chi connectivity index (χ1) is 18.9. The van der Waals surface area contributed by atoms with E-state index in [0.717, 1.165) is 11.0 Å². The molecule has 0 bridgehead atoms. The highest BCUT2D eigenvalue weighted by Crippen LogP contribution is 2.59. The molecule has 2 aliphatic rings. The molecule has 5 aromatic carbocycles. The van der Waals surface area contributed by atoms with Gasteiger partial charge in [0.15, 0.2) is 0 Å². The Balaban J connectivity index is 1.39. The average molecular weight is 520 g/mol. The molecular formula is C37H29NS. The minimum atomic E-state index is -0.0873. The fourth-order valence-electron chi connectivity index (χ4n) is 7.03. The standard InChI is InChI=1S/C37H29NS/c1-36(2)26-13-7-10-16-32(26)39-35-28(36)20-19-27-34(35)23-18-17-22(21-29(23)37(27,3)4)33-24-11-5-8-14-30(24)38-31-15-9-6-12-25(31)33/h5-21H,1-4H3. The smallest absolute Gasteiger partial charge is 0.0715 e. The fourth-order valence-corrected chi connectivity index (χ4v) is 8.58. The number of rotatable bonds is 1. The first kappa shape index (κ1) is 23.0. The van der Waals surface area contributed by atoms with Crippen LogP contribution in [0.1, 0.15) is 49.9 Å². The lowest BCUT2D eigenvalue weighted by Crippen LogP contribution is -2.24. The van der Waals surface area contributed by atoms with Crippen LogP contribution in [0.2, 0.25) is 0 Å². The third kappa shape index (κ3) is 3.07. The molecule has 0 saturated heterocycles. The maximum Gasteiger partial charge on any atom is 0.0715 e. The lowest BCUT2D eigenvalue weighted by atomic mass is 9.75. The molecule has 1 aromatic heterocycles. The van der Waals surface area contributed by atoms with Gasteiger partial charge in [0, 0.05) is 42.5 Å². The van der Waals surface area contributed by atoms with E-state index in [1.165, 1.54) is 65.1 Å². The average Bonchev–Trinajstić information content (AvgIpc) is 3.18. The number of hydrogen-bond donors (Lipinski definition) is 0. The van der Waals surface area contributed by atoms with Crippen LogP contribution in [0.3, 0.4) is 0 Å². The lowest BCUT2D eigenvalue weighted by molar-refractivity contribution is 0.604. The largest absolute Gasteiger partial charge is 0.248 e. The van der Waals surface area contributed by atoms with Crippen LogP contribution >= 0.6 is 11.8 Å². The van der Waals surface area contributed by atoms with E-state index >= 15 is 0 Å². The number of para-hydroxylation sites is 2. The van der Waals surface area contributed by atoms with Crippen LogP contribution in [0, 0.1) is 0 Å². The Morgan fingerprint density at radius 2 is 1.15 bits per heavy atom. The Labute approximate surface area is 233 Å². The normalized spacial score (nSPS) is 16.0. The zero-order chi connectivity index (χ0) is 26.5. The predicted octanol–water partition coefficient (Wildman–Crippen LogP) is 10.2. The molecular weight excluding hydrogens is 490 g/mol. The number of nitrogens with zero attached hydrogens (tertiary/aromatic N) is 1. The maximum atomic E-state index is 4.97. The van der Waals surface area contributed by atoms with Gasteiger partial charge in [0.25, 0.3) is 0 Å². The molecule has 1 aliphatic heterocycles. The molecule has 0 unspecified atom stereocenters. The first-order valence-corrected chi connectivity index (χ1v) is 14.6. The van der Waals surface area contributed by atoms with Crippen LogP contribution in [0.5, 0.6) is 0 Å². The Bertz CT molecular complexity index is 1940. The van der Waals surface area contributed by atoms with Gasteiger partial charge < -0.3 is 0 Å². The van der Waals surface area contributed by atoms with Crippen LogP contribution in [-0.4, -0.2) is 4.98 Å².